The number of carbonyl (C=O) groups is 2. The van der Waals surface area contributed by atoms with Crippen molar-refractivity contribution in [1.82, 2.24) is 14.8 Å². The molecule has 0 unspecified atom stereocenters. The zero-order chi connectivity index (χ0) is 23.9. The van der Waals surface area contributed by atoms with E-state index in [1.165, 1.54) is 24.6 Å². The fourth-order valence-corrected chi connectivity index (χ4v) is 4.41. The average molecular weight is 468 g/mol. The van der Waals surface area contributed by atoms with Crippen LogP contribution in [-0.4, -0.2) is 64.4 Å². The summed E-state index contributed by atoms with van der Waals surface area (Å²) >= 11 is 0. The Hall–Kier alpha value is -3.69. The average Bonchev–Trinajstić information content (AvgIpc) is 2.88. The smallest absolute Gasteiger partial charge is 0.322 e. The molecule has 0 spiro atoms. The van der Waals surface area contributed by atoms with Crippen LogP contribution in [-0.2, 0) is 0 Å². The quantitative estimate of drug-likeness (QED) is 0.508. The van der Waals surface area contributed by atoms with Gasteiger partial charge in [-0.05, 0) is 37.0 Å². The molecule has 1 saturated heterocycles. The number of piperazine rings is 1. The van der Waals surface area contributed by atoms with Crippen LogP contribution in [0.2, 0.25) is 0 Å². The van der Waals surface area contributed by atoms with Gasteiger partial charge in [0.15, 0.2) is 5.75 Å². The van der Waals surface area contributed by atoms with Gasteiger partial charge in [-0.1, -0.05) is 19.3 Å². The van der Waals surface area contributed by atoms with Crippen LogP contribution in [0.15, 0.2) is 42.7 Å². The van der Waals surface area contributed by atoms with Gasteiger partial charge in [0.1, 0.15) is 0 Å². The van der Waals surface area contributed by atoms with Crippen LogP contribution in [0.4, 0.5) is 16.2 Å². The summed E-state index contributed by atoms with van der Waals surface area (Å²) in [6, 6.07) is 7.53. The molecule has 2 heterocycles. The number of rotatable bonds is 6. The number of pyridine rings is 1. The SMILES string of the molecule is O=C(Nc1cccnc1)N1CCN(C(=O)c2ccc([N+](=O)[O-])c(OCC3CCCCC3)c2)CC1. The summed E-state index contributed by atoms with van der Waals surface area (Å²) in [5.41, 5.74) is 0.819. The zero-order valence-corrected chi connectivity index (χ0v) is 19.0. The topological polar surface area (TPSA) is 118 Å². The first-order valence-corrected chi connectivity index (χ1v) is 11.7. The van der Waals surface area contributed by atoms with Crippen LogP contribution in [0.1, 0.15) is 42.5 Å². The van der Waals surface area contributed by atoms with Crippen molar-refractivity contribution in [2.75, 3.05) is 38.1 Å². The number of hydrogen-bond acceptors (Lipinski definition) is 6. The van der Waals surface area contributed by atoms with Gasteiger partial charge in [0.05, 0.1) is 23.4 Å². The minimum atomic E-state index is -0.482. The van der Waals surface area contributed by atoms with Gasteiger partial charge in [-0.25, -0.2) is 4.79 Å². The third-order valence-electron chi connectivity index (χ3n) is 6.37. The lowest BCUT2D eigenvalue weighted by Crippen LogP contribution is -2.51. The Labute approximate surface area is 198 Å². The van der Waals surface area contributed by atoms with Crippen LogP contribution in [0.5, 0.6) is 5.75 Å². The van der Waals surface area contributed by atoms with Crippen molar-refractivity contribution in [1.29, 1.82) is 0 Å². The molecule has 1 aliphatic carbocycles. The molecule has 180 valence electrons. The van der Waals surface area contributed by atoms with E-state index in [0.717, 1.165) is 25.7 Å². The predicted molar refractivity (Wildman–Crippen MR) is 126 cm³/mol. The normalized spacial score (nSPS) is 16.7. The highest BCUT2D eigenvalue weighted by molar-refractivity contribution is 5.95. The van der Waals surface area contributed by atoms with Gasteiger partial charge in [0.2, 0.25) is 0 Å². The molecule has 0 bridgehead atoms. The molecule has 1 aliphatic heterocycles. The molecule has 1 aromatic carbocycles. The van der Waals surface area contributed by atoms with Crippen molar-refractivity contribution in [3.8, 4) is 5.75 Å². The molecule has 0 atom stereocenters. The molecular weight excluding hydrogens is 438 g/mol. The molecule has 3 amide bonds. The van der Waals surface area contributed by atoms with Crippen molar-refractivity contribution >= 4 is 23.3 Å². The van der Waals surface area contributed by atoms with Gasteiger partial charge < -0.3 is 19.9 Å². The third-order valence-corrected chi connectivity index (χ3v) is 6.37. The lowest BCUT2D eigenvalue weighted by Gasteiger charge is -2.34. The summed E-state index contributed by atoms with van der Waals surface area (Å²) in [7, 11) is 0. The first kappa shape index (κ1) is 23.5. The third kappa shape index (κ3) is 5.81. The van der Waals surface area contributed by atoms with E-state index in [-0.39, 0.29) is 23.4 Å². The molecule has 2 aliphatic rings. The molecule has 1 N–H and O–H groups in total. The monoisotopic (exact) mass is 467 g/mol. The van der Waals surface area contributed by atoms with Gasteiger partial charge in [0, 0.05) is 50.1 Å². The summed E-state index contributed by atoms with van der Waals surface area (Å²) in [6.45, 7) is 1.93. The molecule has 2 fully saturated rings. The molecular formula is C24H29N5O5. The summed E-state index contributed by atoms with van der Waals surface area (Å²) < 4.78 is 5.84. The van der Waals surface area contributed by atoms with Crippen LogP contribution >= 0.6 is 0 Å². The van der Waals surface area contributed by atoms with Gasteiger partial charge in [0.25, 0.3) is 5.91 Å². The van der Waals surface area contributed by atoms with Crippen molar-refractivity contribution in [2.24, 2.45) is 5.92 Å². The van der Waals surface area contributed by atoms with E-state index in [4.69, 9.17) is 4.74 Å². The Morgan fingerprint density at radius 2 is 1.82 bits per heavy atom. The number of benzene rings is 1. The Morgan fingerprint density at radius 1 is 1.09 bits per heavy atom. The number of nitrogens with zero attached hydrogens (tertiary/aromatic N) is 4. The lowest BCUT2D eigenvalue weighted by molar-refractivity contribution is -0.385. The molecule has 1 saturated carbocycles. The summed E-state index contributed by atoms with van der Waals surface area (Å²) in [5.74, 6) is 0.291. The van der Waals surface area contributed by atoms with Crippen LogP contribution in [0.25, 0.3) is 0 Å². The van der Waals surface area contributed by atoms with Crippen molar-refractivity contribution in [2.45, 2.75) is 32.1 Å². The maximum absolute atomic E-state index is 13.1. The lowest BCUT2D eigenvalue weighted by atomic mass is 9.90. The Morgan fingerprint density at radius 3 is 2.50 bits per heavy atom. The molecule has 10 nitrogen and oxygen atoms in total. The van der Waals surface area contributed by atoms with E-state index in [2.05, 4.69) is 10.3 Å². The van der Waals surface area contributed by atoms with Crippen LogP contribution in [0.3, 0.4) is 0 Å². The summed E-state index contributed by atoms with van der Waals surface area (Å²) in [6.07, 6.45) is 8.85. The Balaban J connectivity index is 1.36. The summed E-state index contributed by atoms with van der Waals surface area (Å²) in [5, 5.41) is 14.3. The number of ether oxygens (including phenoxy) is 1. The van der Waals surface area contributed by atoms with E-state index in [0.29, 0.717) is 50.0 Å². The Bertz CT molecular complexity index is 1020. The maximum Gasteiger partial charge on any atom is 0.322 e. The molecule has 2 aromatic rings. The number of aromatic nitrogens is 1. The van der Waals surface area contributed by atoms with Crippen LogP contribution < -0.4 is 10.1 Å². The predicted octanol–water partition coefficient (Wildman–Crippen LogP) is 3.94. The fourth-order valence-electron chi connectivity index (χ4n) is 4.41. The number of nitrogens with one attached hydrogen (secondary N) is 1. The first-order chi connectivity index (χ1) is 16.5. The van der Waals surface area contributed by atoms with E-state index in [1.54, 1.807) is 34.3 Å². The zero-order valence-electron chi connectivity index (χ0n) is 19.0. The highest BCUT2D eigenvalue weighted by atomic mass is 16.6. The second-order valence-corrected chi connectivity index (χ2v) is 8.71. The first-order valence-electron chi connectivity index (χ1n) is 11.7. The minimum absolute atomic E-state index is 0.135. The van der Waals surface area contributed by atoms with Crippen LogP contribution in [0, 0.1) is 16.0 Å². The largest absolute Gasteiger partial charge is 0.487 e. The van der Waals surface area contributed by atoms with E-state index in [1.807, 2.05) is 0 Å². The van der Waals surface area contributed by atoms with E-state index >= 15 is 0 Å². The maximum atomic E-state index is 13.1. The molecule has 1 aromatic heterocycles. The number of carbonyl (C=O) groups excluding carboxylic acids is 2. The highest BCUT2D eigenvalue weighted by Crippen LogP contribution is 2.31. The molecule has 0 radical (unpaired) electrons. The Kier molecular flexibility index (Phi) is 7.56. The van der Waals surface area contributed by atoms with E-state index < -0.39 is 4.92 Å². The van der Waals surface area contributed by atoms with Crippen molar-refractivity contribution in [3.63, 3.8) is 0 Å². The number of hydrogen-bond donors (Lipinski definition) is 1. The molecule has 34 heavy (non-hydrogen) atoms. The highest BCUT2D eigenvalue weighted by Gasteiger charge is 2.27. The number of nitro benzene ring substituents is 1. The standard InChI is InChI=1S/C24H29N5O5/c30-23(27-11-13-28(14-12-27)24(31)26-20-7-4-10-25-16-20)19-8-9-21(29(32)33)22(15-19)34-17-18-5-2-1-3-6-18/h4,7-10,15-16,18H,1-3,5-6,11-14,17H2,(H,26,31). The van der Waals surface area contributed by atoms with Crippen molar-refractivity contribution < 1.29 is 19.2 Å². The summed E-state index contributed by atoms with van der Waals surface area (Å²) in [4.78, 5) is 43.8. The van der Waals surface area contributed by atoms with Crippen molar-refractivity contribution in [3.05, 3.63) is 58.4 Å². The van der Waals surface area contributed by atoms with Gasteiger partial charge >= 0.3 is 11.7 Å². The minimum Gasteiger partial charge on any atom is -0.487 e. The molecule has 10 heteroatoms. The van der Waals surface area contributed by atoms with Gasteiger partial charge in [-0.2, -0.15) is 0 Å². The number of anilines is 1. The second-order valence-electron chi connectivity index (χ2n) is 8.71. The van der Waals surface area contributed by atoms with Gasteiger partial charge in [-0.3, -0.25) is 19.9 Å². The van der Waals surface area contributed by atoms with E-state index in [9.17, 15) is 19.7 Å². The van der Waals surface area contributed by atoms with Gasteiger partial charge in [-0.15, -0.1) is 0 Å². The number of nitro groups is 1. The molecule has 4 rings (SSSR count). The number of amides is 3. The number of urea groups is 1. The second kappa shape index (κ2) is 11.0. The fraction of sp³-hybridized carbons (Fsp3) is 0.458.